The molecule has 2 saturated heterocycles. The Morgan fingerprint density at radius 3 is 2.75 bits per heavy atom. The maximum absolute atomic E-state index is 12.6. The largest absolute Gasteiger partial charge is 0.319 e. The number of likely N-dealkylation sites (tertiary alicyclic amines) is 1. The molecule has 1 aromatic rings. The molecule has 4 rings (SSSR count). The summed E-state index contributed by atoms with van der Waals surface area (Å²) in [5, 5.41) is 5.68. The Morgan fingerprint density at radius 1 is 1.30 bits per heavy atom. The molecule has 2 aliphatic heterocycles. The predicted molar refractivity (Wildman–Crippen MR) is 79.5 cm³/mol. The zero-order valence-electron chi connectivity index (χ0n) is 11.7. The quantitative estimate of drug-likeness (QED) is 0.919. The normalized spacial score (nSPS) is 28.7. The summed E-state index contributed by atoms with van der Waals surface area (Å²) in [6.45, 7) is 4.27. The van der Waals surface area contributed by atoms with Crippen molar-refractivity contribution in [3.8, 4) is 0 Å². The maximum Gasteiger partial charge on any atom is 0.244 e. The van der Waals surface area contributed by atoms with Crippen LogP contribution in [0.3, 0.4) is 0 Å². The van der Waals surface area contributed by atoms with E-state index in [2.05, 4.69) is 32.6 Å². The van der Waals surface area contributed by atoms with Gasteiger partial charge in [-0.1, -0.05) is 6.07 Å². The summed E-state index contributed by atoms with van der Waals surface area (Å²) in [5.41, 5.74) is -0.209. The highest BCUT2D eigenvalue weighted by molar-refractivity contribution is 7.10. The van der Waals surface area contributed by atoms with Gasteiger partial charge in [-0.05, 0) is 50.2 Å². The summed E-state index contributed by atoms with van der Waals surface area (Å²) in [7, 11) is 0. The summed E-state index contributed by atoms with van der Waals surface area (Å²) >= 11 is 1.74. The Bertz CT molecular complexity index is 491. The molecule has 1 atom stereocenters. The molecule has 1 aromatic heterocycles. The Balaban J connectivity index is 1.49. The Morgan fingerprint density at radius 2 is 2.10 bits per heavy atom. The highest BCUT2D eigenvalue weighted by atomic mass is 32.1. The zero-order valence-corrected chi connectivity index (χ0v) is 12.5. The van der Waals surface area contributed by atoms with E-state index in [1.165, 1.54) is 30.8 Å². The van der Waals surface area contributed by atoms with Crippen LogP contribution in [0.5, 0.6) is 0 Å². The van der Waals surface area contributed by atoms with Crippen molar-refractivity contribution in [3.63, 3.8) is 0 Å². The molecule has 1 spiro atoms. The van der Waals surface area contributed by atoms with E-state index in [4.69, 9.17) is 0 Å². The SMILES string of the molecule is O=C1N(CCN2CCCC2)C(c2cccs2)NC12CC2. The van der Waals surface area contributed by atoms with E-state index >= 15 is 0 Å². The standard InChI is InChI=1S/C15H21N3OS/c19-14-15(5-6-15)16-13(12-4-3-11-20-12)18(14)10-9-17-7-1-2-8-17/h3-4,11,13,16H,1-2,5-10H2. The van der Waals surface area contributed by atoms with Gasteiger partial charge in [0.2, 0.25) is 5.91 Å². The van der Waals surface area contributed by atoms with Gasteiger partial charge >= 0.3 is 0 Å². The molecule has 1 N–H and O–H groups in total. The van der Waals surface area contributed by atoms with Crippen molar-refractivity contribution in [2.45, 2.75) is 37.4 Å². The minimum atomic E-state index is -0.209. The number of amides is 1. The lowest BCUT2D eigenvalue weighted by Crippen LogP contribution is -2.38. The summed E-state index contributed by atoms with van der Waals surface area (Å²) in [6.07, 6.45) is 4.74. The van der Waals surface area contributed by atoms with Gasteiger partial charge in [-0.25, -0.2) is 0 Å². The molecular formula is C15H21N3OS. The Kier molecular flexibility index (Phi) is 3.09. The topological polar surface area (TPSA) is 35.6 Å². The third-order valence-corrected chi connectivity index (χ3v) is 5.74. The van der Waals surface area contributed by atoms with Crippen molar-refractivity contribution in [1.29, 1.82) is 0 Å². The minimum absolute atomic E-state index is 0.104. The fraction of sp³-hybridized carbons (Fsp3) is 0.667. The van der Waals surface area contributed by atoms with Gasteiger partial charge in [0.1, 0.15) is 11.7 Å². The van der Waals surface area contributed by atoms with E-state index in [1.807, 2.05) is 0 Å². The first kappa shape index (κ1) is 12.8. The highest BCUT2D eigenvalue weighted by Gasteiger charge is 2.59. The van der Waals surface area contributed by atoms with Crippen molar-refractivity contribution in [3.05, 3.63) is 22.4 Å². The van der Waals surface area contributed by atoms with Crippen molar-refractivity contribution < 1.29 is 4.79 Å². The van der Waals surface area contributed by atoms with E-state index in [0.717, 1.165) is 25.9 Å². The van der Waals surface area contributed by atoms with Crippen LogP contribution in [0, 0.1) is 0 Å². The van der Waals surface area contributed by atoms with Gasteiger partial charge in [-0.3, -0.25) is 10.1 Å². The molecule has 1 saturated carbocycles. The molecule has 1 aliphatic carbocycles. The molecule has 0 radical (unpaired) electrons. The van der Waals surface area contributed by atoms with Gasteiger partial charge in [0.05, 0.1) is 0 Å². The Labute approximate surface area is 123 Å². The first-order chi connectivity index (χ1) is 9.78. The van der Waals surface area contributed by atoms with E-state index in [-0.39, 0.29) is 11.7 Å². The molecule has 4 nitrogen and oxygen atoms in total. The first-order valence-electron chi connectivity index (χ1n) is 7.63. The number of hydrogen-bond donors (Lipinski definition) is 1. The average molecular weight is 291 g/mol. The lowest BCUT2D eigenvalue weighted by atomic mass is 10.3. The summed E-state index contributed by atoms with van der Waals surface area (Å²) in [5.74, 6) is 0.329. The van der Waals surface area contributed by atoms with Crippen LogP contribution in [-0.2, 0) is 4.79 Å². The molecule has 5 heteroatoms. The van der Waals surface area contributed by atoms with E-state index in [9.17, 15) is 4.79 Å². The van der Waals surface area contributed by atoms with Gasteiger partial charge in [0.15, 0.2) is 0 Å². The third-order valence-electron chi connectivity index (χ3n) is 4.81. The fourth-order valence-electron chi connectivity index (χ4n) is 3.43. The number of nitrogens with one attached hydrogen (secondary N) is 1. The summed E-state index contributed by atoms with van der Waals surface area (Å²) in [4.78, 5) is 18.5. The average Bonchev–Trinajstić information content (AvgIpc) is 2.90. The van der Waals surface area contributed by atoms with Gasteiger partial charge < -0.3 is 9.80 Å². The van der Waals surface area contributed by atoms with Gasteiger partial charge in [-0.15, -0.1) is 11.3 Å². The van der Waals surface area contributed by atoms with E-state index in [0.29, 0.717) is 5.91 Å². The van der Waals surface area contributed by atoms with Gasteiger partial charge in [0, 0.05) is 18.0 Å². The number of rotatable bonds is 4. The fourth-order valence-corrected chi connectivity index (χ4v) is 4.22. The number of carbonyl (C=O) groups excluding carboxylic acids is 1. The van der Waals surface area contributed by atoms with Crippen LogP contribution in [-0.4, -0.2) is 47.4 Å². The second-order valence-corrected chi connectivity index (χ2v) is 7.17. The zero-order chi connectivity index (χ0) is 13.6. The van der Waals surface area contributed by atoms with Crippen LogP contribution >= 0.6 is 11.3 Å². The second-order valence-electron chi connectivity index (χ2n) is 6.19. The molecule has 0 aromatic carbocycles. The minimum Gasteiger partial charge on any atom is -0.319 e. The predicted octanol–water partition coefficient (Wildman–Crippen LogP) is 1.81. The monoisotopic (exact) mass is 291 g/mol. The molecule has 3 heterocycles. The van der Waals surface area contributed by atoms with Crippen molar-refractivity contribution in [2.24, 2.45) is 0 Å². The first-order valence-corrected chi connectivity index (χ1v) is 8.51. The lowest BCUT2D eigenvalue weighted by Gasteiger charge is -2.26. The van der Waals surface area contributed by atoms with Crippen LogP contribution in [0.4, 0.5) is 0 Å². The number of nitrogens with zero attached hydrogens (tertiary/aromatic N) is 2. The lowest BCUT2D eigenvalue weighted by molar-refractivity contribution is -0.131. The summed E-state index contributed by atoms with van der Waals surface area (Å²) in [6, 6.07) is 4.21. The molecule has 1 amide bonds. The maximum atomic E-state index is 12.6. The van der Waals surface area contributed by atoms with Crippen LogP contribution in [0.25, 0.3) is 0 Å². The molecule has 1 unspecified atom stereocenters. The van der Waals surface area contributed by atoms with Crippen LogP contribution in [0.15, 0.2) is 17.5 Å². The molecule has 20 heavy (non-hydrogen) atoms. The van der Waals surface area contributed by atoms with E-state index in [1.54, 1.807) is 11.3 Å². The van der Waals surface area contributed by atoms with Crippen LogP contribution < -0.4 is 5.32 Å². The Hall–Kier alpha value is -0.910. The van der Waals surface area contributed by atoms with Crippen LogP contribution in [0.2, 0.25) is 0 Å². The number of thiophene rings is 1. The van der Waals surface area contributed by atoms with Crippen molar-refractivity contribution in [1.82, 2.24) is 15.1 Å². The number of carbonyl (C=O) groups is 1. The van der Waals surface area contributed by atoms with Crippen LogP contribution in [0.1, 0.15) is 36.7 Å². The molecule has 3 aliphatic rings. The molecule has 3 fully saturated rings. The summed E-state index contributed by atoms with van der Waals surface area (Å²) < 4.78 is 0. The smallest absolute Gasteiger partial charge is 0.244 e. The van der Waals surface area contributed by atoms with Crippen molar-refractivity contribution >= 4 is 17.2 Å². The van der Waals surface area contributed by atoms with Gasteiger partial charge in [-0.2, -0.15) is 0 Å². The molecular weight excluding hydrogens is 270 g/mol. The third kappa shape index (κ3) is 2.08. The van der Waals surface area contributed by atoms with E-state index < -0.39 is 0 Å². The molecule has 0 bridgehead atoms. The molecule has 108 valence electrons. The van der Waals surface area contributed by atoms with Crippen molar-refractivity contribution in [2.75, 3.05) is 26.2 Å². The van der Waals surface area contributed by atoms with Gasteiger partial charge in [0.25, 0.3) is 0 Å². The number of hydrogen-bond acceptors (Lipinski definition) is 4. The second kappa shape index (κ2) is 4.83. The highest BCUT2D eigenvalue weighted by Crippen LogP contribution is 2.46.